The van der Waals surface area contributed by atoms with Crippen LogP contribution in [0.4, 0.5) is 5.69 Å². The lowest BCUT2D eigenvalue weighted by Gasteiger charge is -2.35. The summed E-state index contributed by atoms with van der Waals surface area (Å²) in [4.78, 5) is 11.5. The Morgan fingerprint density at radius 2 is 2.10 bits per heavy atom. The van der Waals surface area contributed by atoms with E-state index >= 15 is 0 Å². The SMILES string of the molecule is CCCNC(c1cc2c(cc1Cl)NC(=O)C2)C(C)(C)CC. The van der Waals surface area contributed by atoms with E-state index < -0.39 is 0 Å². The second-order valence-electron chi connectivity index (χ2n) is 6.49. The molecule has 0 saturated carbocycles. The molecule has 4 heteroatoms. The number of halogens is 1. The molecule has 0 aliphatic carbocycles. The van der Waals surface area contributed by atoms with Gasteiger partial charge in [0.15, 0.2) is 0 Å². The first-order valence-electron chi connectivity index (χ1n) is 7.74. The summed E-state index contributed by atoms with van der Waals surface area (Å²) < 4.78 is 0. The summed E-state index contributed by atoms with van der Waals surface area (Å²) in [5, 5.41) is 7.21. The molecule has 1 atom stereocenters. The Balaban J connectivity index is 2.41. The van der Waals surface area contributed by atoms with Crippen LogP contribution in [-0.2, 0) is 11.2 Å². The summed E-state index contributed by atoms with van der Waals surface area (Å²) >= 11 is 6.50. The van der Waals surface area contributed by atoms with Gasteiger partial charge >= 0.3 is 0 Å². The van der Waals surface area contributed by atoms with Gasteiger partial charge in [-0.15, -0.1) is 0 Å². The van der Waals surface area contributed by atoms with Crippen molar-refractivity contribution in [2.45, 2.75) is 53.0 Å². The molecule has 1 amide bonds. The van der Waals surface area contributed by atoms with E-state index in [4.69, 9.17) is 11.6 Å². The zero-order chi connectivity index (χ0) is 15.6. The fraction of sp³-hybridized carbons (Fsp3) is 0.588. The number of hydrogen-bond donors (Lipinski definition) is 2. The van der Waals surface area contributed by atoms with Crippen LogP contribution in [0.3, 0.4) is 0 Å². The summed E-state index contributed by atoms with van der Waals surface area (Å²) in [5.74, 6) is 0.0473. The van der Waals surface area contributed by atoms with Gasteiger partial charge in [-0.2, -0.15) is 0 Å². The molecule has 0 spiro atoms. The number of rotatable bonds is 6. The number of nitrogens with one attached hydrogen (secondary N) is 2. The van der Waals surface area contributed by atoms with Crippen molar-refractivity contribution in [3.8, 4) is 0 Å². The molecule has 3 nitrogen and oxygen atoms in total. The highest BCUT2D eigenvalue weighted by Gasteiger charge is 2.31. The minimum atomic E-state index is 0.0473. The summed E-state index contributed by atoms with van der Waals surface area (Å²) in [6.45, 7) is 9.84. The molecule has 0 aromatic heterocycles. The molecule has 0 fully saturated rings. The monoisotopic (exact) mass is 308 g/mol. The molecule has 1 aliphatic heterocycles. The summed E-state index contributed by atoms with van der Waals surface area (Å²) in [7, 11) is 0. The van der Waals surface area contributed by atoms with E-state index in [-0.39, 0.29) is 17.4 Å². The Morgan fingerprint density at radius 1 is 1.38 bits per heavy atom. The lowest BCUT2D eigenvalue weighted by atomic mass is 9.78. The zero-order valence-corrected chi connectivity index (χ0v) is 14.1. The number of benzene rings is 1. The first-order valence-corrected chi connectivity index (χ1v) is 8.12. The first-order chi connectivity index (χ1) is 9.89. The van der Waals surface area contributed by atoms with Crippen molar-refractivity contribution in [3.05, 3.63) is 28.3 Å². The lowest BCUT2D eigenvalue weighted by Crippen LogP contribution is -2.34. The third-order valence-electron chi connectivity index (χ3n) is 4.45. The number of anilines is 1. The lowest BCUT2D eigenvalue weighted by molar-refractivity contribution is -0.115. The minimum absolute atomic E-state index is 0.0473. The van der Waals surface area contributed by atoms with E-state index in [1.807, 2.05) is 6.07 Å². The van der Waals surface area contributed by atoms with Gasteiger partial charge in [-0.25, -0.2) is 0 Å². The molecule has 0 bridgehead atoms. The molecule has 0 radical (unpaired) electrons. The van der Waals surface area contributed by atoms with Crippen LogP contribution in [0, 0.1) is 5.41 Å². The topological polar surface area (TPSA) is 41.1 Å². The van der Waals surface area contributed by atoms with Crippen LogP contribution >= 0.6 is 11.6 Å². The molecule has 2 rings (SSSR count). The van der Waals surface area contributed by atoms with E-state index in [1.165, 1.54) is 0 Å². The van der Waals surface area contributed by atoms with Crippen molar-refractivity contribution < 1.29 is 4.79 Å². The van der Waals surface area contributed by atoms with E-state index in [9.17, 15) is 4.79 Å². The smallest absolute Gasteiger partial charge is 0.228 e. The van der Waals surface area contributed by atoms with Gasteiger partial charge in [-0.05, 0) is 42.0 Å². The van der Waals surface area contributed by atoms with Crippen LogP contribution in [0.25, 0.3) is 0 Å². The Hall–Kier alpha value is -1.06. The highest BCUT2D eigenvalue weighted by atomic mass is 35.5. The van der Waals surface area contributed by atoms with Gasteiger partial charge in [-0.1, -0.05) is 45.4 Å². The molecule has 2 N–H and O–H groups in total. The van der Waals surface area contributed by atoms with Crippen molar-refractivity contribution in [2.24, 2.45) is 5.41 Å². The van der Waals surface area contributed by atoms with Crippen LogP contribution in [0.2, 0.25) is 5.02 Å². The molecule has 1 unspecified atom stereocenters. The molecule has 1 aromatic rings. The van der Waals surface area contributed by atoms with Crippen LogP contribution in [-0.4, -0.2) is 12.5 Å². The fourth-order valence-corrected chi connectivity index (χ4v) is 3.06. The largest absolute Gasteiger partial charge is 0.325 e. The van der Waals surface area contributed by atoms with Gasteiger partial charge in [0.05, 0.1) is 6.42 Å². The van der Waals surface area contributed by atoms with Gasteiger partial charge < -0.3 is 10.6 Å². The van der Waals surface area contributed by atoms with Crippen molar-refractivity contribution in [1.82, 2.24) is 5.32 Å². The molecule has 116 valence electrons. The third kappa shape index (κ3) is 3.41. The van der Waals surface area contributed by atoms with Crippen molar-refractivity contribution in [3.63, 3.8) is 0 Å². The highest BCUT2D eigenvalue weighted by molar-refractivity contribution is 6.32. The quantitative estimate of drug-likeness (QED) is 0.822. The summed E-state index contributed by atoms with van der Waals surface area (Å²) in [6.07, 6.45) is 2.59. The van der Waals surface area contributed by atoms with Gasteiger partial charge in [0.1, 0.15) is 0 Å². The Labute approximate surface area is 132 Å². The van der Waals surface area contributed by atoms with Gasteiger partial charge in [0.2, 0.25) is 5.91 Å². The molecular weight excluding hydrogens is 284 g/mol. The predicted molar refractivity (Wildman–Crippen MR) is 88.9 cm³/mol. The maximum Gasteiger partial charge on any atom is 0.228 e. The molecule has 0 saturated heterocycles. The van der Waals surface area contributed by atoms with Crippen LogP contribution < -0.4 is 10.6 Å². The average Bonchev–Trinajstić information content (AvgIpc) is 2.78. The summed E-state index contributed by atoms with van der Waals surface area (Å²) in [6, 6.07) is 4.18. The Morgan fingerprint density at radius 3 is 2.71 bits per heavy atom. The Bertz CT molecular complexity index is 540. The number of carbonyl (C=O) groups is 1. The van der Waals surface area contributed by atoms with Crippen molar-refractivity contribution in [1.29, 1.82) is 0 Å². The van der Waals surface area contributed by atoms with E-state index in [1.54, 1.807) is 0 Å². The standard InChI is InChI=1S/C17H25ClN2O/c1-5-7-19-16(17(3,4)6-2)12-8-11-9-15(21)20-14(11)10-13(12)18/h8,10,16,19H,5-7,9H2,1-4H3,(H,20,21). The molecule has 1 aliphatic rings. The second kappa shape index (κ2) is 6.37. The maximum absolute atomic E-state index is 11.5. The van der Waals surface area contributed by atoms with Gasteiger partial charge in [0.25, 0.3) is 0 Å². The normalized spacial score (nSPS) is 15.8. The molecule has 1 aromatic carbocycles. The number of amides is 1. The molecule has 1 heterocycles. The number of hydrogen-bond acceptors (Lipinski definition) is 2. The molecular formula is C17H25ClN2O. The third-order valence-corrected chi connectivity index (χ3v) is 4.78. The van der Waals surface area contributed by atoms with E-state index in [0.717, 1.165) is 41.2 Å². The predicted octanol–water partition coefficient (Wildman–Crippen LogP) is 4.31. The Kier molecular flexibility index (Phi) is 4.95. The zero-order valence-electron chi connectivity index (χ0n) is 13.3. The minimum Gasteiger partial charge on any atom is -0.325 e. The second-order valence-corrected chi connectivity index (χ2v) is 6.89. The van der Waals surface area contributed by atoms with Gasteiger partial charge in [0, 0.05) is 16.8 Å². The highest BCUT2D eigenvalue weighted by Crippen LogP contribution is 2.41. The van der Waals surface area contributed by atoms with E-state index in [0.29, 0.717) is 6.42 Å². The van der Waals surface area contributed by atoms with Crippen molar-refractivity contribution >= 4 is 23.2 Å². The summed E-state index contributed by atoms with van der Waals surface area (Å²) in [5.41, 5.74) is 3.11. The van der Waals surface area contributed by atoms with Crippen molar-refractivity contribution in [2.75, 3.05) is 11.9 Å². The average molecular weight is 309 g/mol. The first kappa shape index (κ1) is 16.3. The fourth-order valence-electron chi connectivity index (χ4n) is 2.79. The van der Waals surface area contributed by atoms with Crippen LogP contribution in [0.15, 0.2) is 12.1 Å². The van der Waals surface area contributed by atoms with Crippen LogP contribution in [0.5, 0.6) is 0 Å². The number of fused-ring (bicyclic) bond motifs is 1. The number of carbonyl (C=O) groups excluding carboxylic acids is 1. The van der Waals surface area contributed by atoms with E-state index in [2.05, 4.69) is 44.4 Å². The maximum atomic E-state index is 11.5. The van der Waals surface area contributed by atoms with Crippen LogP contribution in [0.1, 0.15) is 57.7 Å². The van der Waals surface area contributed by atoms with Gasteiger partial charge in [-0.3, -0.25) is 4.79 Å². The molecule has 21 heavy (non-hydrogen) atoms.